The highest BCUT2D eigenvalue weighted by Crippen LogP contribution is 2.26. The van der Waals surface area contributed by atoms with Gasteiger partial charge in [-0.05, 0) is 47.1 Å². The molecule has 0 amide bonds. The lowest BCUT2D eigenvalue weighted by Crippen LogP contribution is -2.54. The van der Waals surface area contributed by atoms with Crippen LogP contribution in [0.3, 0.4) is 0 Å². The SMILES string of the molecule is COC(=O)C(C)(CCN(C)C1CC1)NC(C)C. The molecule has 0 aromatic rings. The quantitative estimate of drug-likeness (QED) is 0.685. The maximum atomic E-state index is 11.9. The summed E-state index contributed by atoms with van der Waals surface area (Å²) in [7, 11) is 3.58. The largest absolute Gasteiger partial charge is 0.468 e. The lowest BCUT2D eigenvalue weighted by Gasteiger charge is -2.31. The number of carbonyl (C=O) groups excluding carboxylic acids is 1. The molecule has 1 N–H and O–H groups in total. The van der Waals surface area contributed by atoms with E-state index in [9.17, 15) is 4.79 Å². The number of esters is 1. The Kier molecular flexibility index (Phi) is 4.95. The summed E-state index contributed by atoms with van der Waals surface area (Å²) in [6.07, 6.45) is 3.37. The molecular weight excluding hydrogens is 216 g/mol. The summed E-state index contributed by atoms with van der Waals surface area (Å²) in [5.74, 6) is -0.171. The summed E-state index contributed by atoms with van der Waals surface area (Å²) in [5, 5.41) is 3.32. The highest BCUT2D eigenvalue weighted by atomic mass is 16.5. The van der Waals surface area contributed by atoms with E-state index in [1.807, 2.05) is 20.8 Å². The van der Waals surface area contributed by atoms with Crippen LogP contribution in [-0.2, 0) is 9.53 Å². The summed E-state index contributed by atoms with van der Waals surface area (Å²) in [5.41, 5.74) is -0.577. The summed E-state index contributed by atoms with van der Waals surface area (Å²) in [6, 6.07) is 1.00. The van der Waals surface area contributed by atoms with Gasteiger partial charge in [-0.15, -0.1) is 0 Å². The second kappa shape index (κ2) is 5.83. The summed E-state index contributed by atoms with van der Waals surface area (Å²) in [4.78, 5) is 14.2. The number of hydrogen-bond acceptors (Lipinski definition) is 4. The Morgan fingerprint density at radius 1 is 1.53 bits per heavy atom. The molecule has 0 aromatic carbocycles. The predicted octanol–water partition coefficient (Wildman–Crippen LogP) is 1.40. The van der Waals surface area contributed by atoms with Gasteiger partial charge in [0.2, 0.25) is 0 Å². The summed E-state index contributed by atoms with van der Waals surface area (Å²) in [6.45, 7) is 6.95. The fraction of sp³-hybridized carbons (Fsp3) is 0.923. The maximum absolute atomic E-state index is 11.9. The summed E-state index contributed by atoms with van der Waals surface area (Å²) < 4.78 is 4.90. The molecule has 1 aliphatic carbocycles. The number of carbonyl (C=O) groups is 1. The molecule has 1 rings (SSSR count). The minimum atomic E-state index is -0.577. The van der Waals surface area contributed by atoms with Crippen molar-refractivity contribution in [2.45, 2.75) is 57.7 Å². The maximum Gasteiger partial charge on any atom is 0.325 e. The Balaban J connectivity index is 2.52. The van der Waals surface area contributed by atoms with Gasteiger partial charge in [0.25, 0.3) is 0 Å². The van der Waals surface area contributed by atoms with Crippen LogP contribution in [0.15, 0.2) is 0 Å². The second-order valence-electron chi connectivity index (χ2n) is 5.58. The van der Waals surface area contributed by atoms with E-state index in [0.29, 0.717) is 0 Å². The van der Waals surface area contributed by atoms with Gasteiger partial charge in [-0.2, -0.15) is 0 Å². The van der Waals surface area contributed by atoms with Crippen LogP contribution in [-0.4, -0.2) is 49.2 Å². The topological polar surface area (TPSA) is 41.6 Å². The smallest absolute Gasteiger partial charge is 0.325 e. The average Bonchev–Trinajstić information content (AvgIpc) is 3.07. The van der Waals surface area contributed by atoms with Crippen LogP contribution >= 0.6 is 0 Å². The highest BCUT2D eigenvalue weighted by molar-refractivity contribution is 5.80. The molecule has 1 fully saturated rings. The molecule has 0 spiro atoms. The van der Waals surface area contributed by atoms with Gasteiger partial charge in [-0.3, -0.25) is 10.1 Å². The van der Waals surface area contributed by atoms with Crippen LogP contribution in [0.5, 0.6) is 0 Å². The number of methoxy groups -OCH3 is 1. The van der Waals surface area contributed by atoms with Gasteiger partial charge in [-0.1, -0.05) is 0 Å². The molecular formula is C13H26N2O2. The zero-order valence-corrected chi connectivity index (χ0v) is 11.7. The van der Waals surface area contributed by atoms with Crippen LogP contribution in [0, 0.1) is 0 Å². The van der Waals surface area contributed by atoms with Crippen LogP contribution in [0.4, 0.5) is 0 Å². The van der Waals surface area contributed by atoms with E-state index < -0.39 is 5.54 Å². The van der Waals surface area contributed by atoms with E-state index in [4.69, 9.17) is 4.74 Å². The van der Waals surface area contributed by atoms with Gasteiger partial charge in [-0.25, -0.2) is 0 Å². The van der Waals surface area contributed by atoms with Crippen LogP contribution in [0.2, 0.25) is 0 Å². The van der Waals surface area contributed by atoms with Crippen molar-refractivity contribution >= 4 is 5.97 Å². The first kappa shape index (κ1) is 14.5. The molecule has 17 heavy (non-hydrogen) atoms. The van der Waals surface area contributed by atoms with Gasteiger partial charge in [0.1, 0.15) is 5.54 Å². The third-order valence-corrected chi connectivity index (χ3v) is 3.38. The fourth-order valence-electron chi connectivity index (χ4n) is 2.19. The van der Waals surface area contributed by atoms with Crippen molar-refractivity contribution in [1.82, 2.24) is 10.2 Å². The Morgan fingerprint density at radius 2 is 2.12 bits per heavy atom. The molecule has 1 atom stereocenters. The Bertz CT molecular complexity index is 264. The van der Waals surface area contributed by atoms with Crippen molar-refractivity contribution < 1.29 is 9.53 Å². The molecule has 0 heterocycles. The molecule has 100 valence electrons. The molecule has 1 unspecified atom stereocenters. The first-order chi connectivity index (χ1) is 7.89. The van der Waals surface area contributed by atoms with E-state index in [1.54, 1.807) is 0 Å². The van der Waals surface area contributed by atoms with E-state index in [0.717, 1.165) is 19.0 Å². The Hall–Kier alpha value is -0.610. The predicted molar refractivity (Wildman–Crippen MR) is 69.0 cm³/mol. The second-order valence-corrected chi connectivity index (χ2v) is 5.58. The molecule has 0 bridgehead atoms. The highest BCUT2D eigenvalue weighted by Gasteiger charge is 2.36. The van der Waals surface area contributed by atoms with Gasteiger partial charge < -0.3 is 9.64 Å². The summed E-state index contributed by atoms with van der Waals surface area (Å²) >= 11 is 0. The van der Waals surface area contributed by atoms with E-state index in [2.05, 4.69) is 17.3 Å². The van der Waals surface area contributed by atoms with Gasteiger partial charge in [0.05, 0.1) is 7.11 Å². The van der Waals surface area contributed by atoms with Crippen molar-refractivity contribution in [2.75, 3.05) is 20.7 Å². The molecule has 1 saturated carbocycles. The van der Waals surface area contributed by atoms with Crippen LogP contribution in [0.1, 0.15) is 40.0 Å². The molecule has 4 heteroatoms. The van der Waals surface area contributed by atoms with Crippen LogP contribution in [0.25, 0.3) is 0 Å². The van der Waals surface area contributed by atoms with E-state index in [1.165, 1.54) is 20.0 Å². The number of ether oxygens (including phenoxy) is 1. The Labute approximate surface area is 105 Å². The third-order valence-electron chi connectivity index (χ3n) is 3.38. The van der Waals surface area contributed by atoms with Crippen LogP contribution < -0.4 is 5.32 Å². The zero-order valence-electron chi connectivity index (χ0n) is 11.7. The minimum absolute atomic E-state index is 0.171. The molecule has 1 aliphatic rings. The molecule has 4 nitrogen and oxygen atoms in total. The monoisotopic (exact) mass is 242 g/mol. The van der Waals surface area contributed by atoms with E-state index in [-0.39, 0.29) is 12.0 Å². The lowest BCUT2D eigenvalue weighted by atomic mass is 9.96. The van der Waals surface area contributed by atoms with Crippen molar-refractivity contribution in [3.8, 4) is 0 Å². The first-order valence-electron chi connectivity index (χ1n) is 6.45. The van der Waals surface area contributed by atoms with Gasteiger partial charge >= 0.3 is 5.97 Å². The number of nitrogens with one attached hydrogen (secondary N) is 1. The van der Waals surface area contributed by atoms with Crippen molar-refractivity contribution in [3.63, 3.8) is 0 Å². The third kappa shape index (κ3) is 4.28. The van der Waals surface area contributed by atoms with Gasteiger partial charge in [0, 0.05) is 18.6 Å². The van der Waals surface area contributed by atoms with E-state index >= 15 is 0 Å². The molecule has 0 aliphatic heterocycles. The lowest BCUT2D eigenvalue weighted by molar-refractivity contribution is -0.148. The minimum Gasteiger partial charge on any atom is -0.468 e. The van der Waals surface area contributed by atoms with Gasteiger partial charge in [0.15, 0.2) is 0 Å². The number of nitrogens with zero attached hydrogens (tertiary/aromatic N) is 1. The number of hydrogen-bond donors (Lipinski definition) is 1. The average molecular weight is 242 g/mol. The Morgan fingerprint density at radius 3 is 2.53 bits per heavy atom. The van der Waals surface area contributed by atoms with Crippen molar-refractivity contribution in [3.05, 3.63) is 0 Å². The zero-order chi connectivity index (χ0) is 13.1. The normalized spacial score (nSPS) is 19.5. The molecule has 0 radical (unpaired) electrons. The first-order valence-corrected chi connectivity index (χ1v) is 6.45. The van der Waals surface area contributed by atoms with Crippen molar-refractivity contribution in [1.29, 1.82) is 0 Å². The molecule has 0 saturated heterocycles. The fourth-order valence-corrected chi connectivity index (χ4v) is 2.19. The number of rotatable bonds is 7. The molecule has 0 aromatic heterocycles. The standard InChI is InChI=1S/C13H26N2O2/c1-10(2)14-13(3,12(16)17-5)8-9-15(4)11-6-7-11/h10-11,14H,6-9H2,1-5H3. The van der Waals surface area contributed by atoms with Crippen molar-refractivity contribution in [2.24, 2.45) is 0 Å².